The second kappa shape index (κ2) is 12.3. The van der Waals surface area contributed by atoms with Crippen LogP contribution in [0.25, 0.3) is 6.08 Å². The Hall–Kier alpha value is -3.26. The molecule has 0 atom stereocenters. The molecule has 0 spiro atoms. The molecule has 0 aliphatic heterocycles. The molecule has 2 aromatic carbocycles. The molecule has 1 heterocycles. The molecule has 0 saturated carbocycles. The number of ether oxygens (including phenoxy) is 3. The fraction of sp³-hybridized carbons (Fsp3) is 0.217. The monoisotopic (exact) mass is 516 g/mol. The van der Waals surface area contributed by atoms with Crippen LogP contribution in [-0.4, -0.2) is 41.8 Å². The van der Waals surface area contributed by atoms with Gasteiger partial charge in [-0.05, 0) is 54.6 Å². The Morgan fingerprint density at radius 1 is 1.29 bits per heavy atom. The average molecular weight is 517 g/mol. The van der Waals surface area contributed by atoms with Gasteiger partial charge in [-0.3, -0.25) is 10.1 Å². The molecule has 0 fully saturated rings. The molecule has 0 saturated heterocycles. The summed E-state index contributed by atoms with van der Waals surface area (Å²) in [6.07, 6.45) is 3.24. The van der Waals surface area contributed by atoms with Gasteiger partial charge in [0.05, 0.1) is 12.1 Å². The molecule has 1 N–H and O–H groups in total. The number of thioether (sulfide) groups is 1. The minimum Gasteiger partial charge on any atom is -0.493 e. The first kappa shape index (κ1) is 25.4. The summed E-state index contributed by atoms with van der Waals surface area (Å²) in [5.74, 6) is 0.856. The number of aromatic nitrogens is 2. The standard InChI is InChI=1S/C23H21ClN4O4S2/c1-14-5-4-6-17(9-14)31-7-8-32-20-18(24)11-15(12-19(20)30-2)10-16(13-25)21(29)26-22-27-23(33-3)28-34-22/h4-6,9-12H,7-8H2,1-3H3,(H,26,27,28,29). The van der Waals surface area contributed by atoms with Crippen molar-refractivity contribution in [1.82, 2.24) is 9.36 Å². The largest absolute Gasteiger partial charge is 0.493 e. The average Bonchev–Trinajstić information content (AvgIpc) is 3.28. The summed E-state index contributed by atoms with van der Waals surface area (Å²) in [6, 6.07) is 12.8. The number of hydrogen-bond acceptors (Lipinski definition) is 9. The molecule has 34 heavy (non-hydrogen) atoms. The summed E-state index contributed by atoms with van der Waals surface area (Å²) in [6.45, 7) is 2.54. The lowest BCUT2D eigenvalue weighted by Gasteiger charge is -2.14. The van der Waals surface area contributed by atoms with Crippen LogP contribution in [0.3, 0.4) is 0 Å². The van der Waals surface area contributed by atoms with Crippen molar-refractivity contribution in [2.75, 3.05) is 31.9 Å². The van der Waals surface area contributed by atoms with E-state index in [0.29, 0.717) is 34.0 Å². The van der Waals surface area contributed by atoms with Crippen LogP contribution in [-0.2, 0) is 4.79 Å². The Morgan fingerprint density at radius 3 is 2.76 bits per heavy atom. The SMILES string of the molecule is COc1cc(C=C(C#N)C(=O)Nc2nc(SC)ns2)cc(Cl)c1OCCOc1cccc(C)c1. The van der Waals surface area contributed by atoms with Crippen molar-refractivity contribution >= 4 is 52.0 Å². The molecule has 11 heteroatoms. The lowest BCUT2D eigenvalue weighted by atomic mass is 10.1. The minimum absolute atomic E-state index is 0.126. The van der Waals surface area contributed by atoms with Crippen molar-refractivity contribution in [1.29, 1.82) is 5.26 Å². The highest BCUT2D eigenvalue weighted by atomic mass is 35.5. The lowest BCUT2D eigenvalue weighted by Crippen LogP contribution is -2.13. The predicted octanol–water partition coefficient (Wildman–Crippen LogP) is 5.23. The summed E-state index contributed by atoms with van der Waals surface area (Å²) in [5.41, 5.74) is 1.48. The van der Waals surface area contributed by atoms with E-state index < -0.39 is 5.91 Å². The van der Waals surface area contributed by atoms with Gasteiger partial charge in [0.25, 0.3) is 5.91 Å². The van der Waals surface area contributed by atoms with Crippen LogP contribution in [0.1, 0.15) is 11.1 Å². The summed E-state index contributed by atoms with van der Waals surface area (Å²) in [7, 11) is 1.48. The highest BCUT2D eigenvalue weighted by Gasteiger charge is 2.16. The van der Waals surface area contributed by atoms with Gasteiger partial charge in [-0.1, -0.05) is 35.5 Å². The van der Waals surface area contributed by atoms with E-state index in [-0.39, 0.29) is 17.2 Å². The molecule has 0 aliphatic carbocycles. The number of methoxy groups -OCH3 is 1. The van der Waals surface area contributed by atoms with Gasteiger partial charge in [0, 0.05) is 11.5 Å². The van der Waals surface area contributed by atoms with Crippen molar-refractivity contribution in [2.24, 2.45) is 0 Å². The quantitative estimate of drug-likeness (QED) is 0.169. The van der Waals surface area contributed by atoms with Gasteiger partial charge >= 0.3 is 0 Å². The van der Waals surface area contributed by atoms with E-state index in [9.17, 15) is 10.1 Å². The Kier molecular flexibility index (Phi) is 9.16. The second-order valence-corrected chi connectivity index (χ2v) is 8.69. The normalized spacial score (nSPS) is 11.0. The van der Waals surface area contributed by atoms with E-state index in [1.807, 2.05) is 43.5 Å². The van der Waals surface area contributed by atoms with Crippen LogP contribution in [0.4, 0.5) is 5.13 Å². The zero-order valence-electron chi connectivity index (χ0n) is 18.6. The Morgan fingerprint density at radius 2 is 2.09 bits per heavy atom. The number of benzene rings is 2. The number of hydrogen-bond donors (Lipinski definition) is 1. The maximum absolute atomic E-state index is 12.5. The number of aryl methyl sites for hydroxylation is 1. The summed E-state index contributed by atoms with van der Waals surface area (Å²) in [5, 5.41) is 13.2. The molecule has 8 nitrogen and oxygen atoms in total. The fourth-order valence-electron chi connectivity index (χ4n) is 2.79. The van der Waals surface area contributed by atoms with Crippen LogP contribution < -0.4 is 19.5 Å². The van der Waals surface area contributed by atoms with Crippen molar-refractivity contribution in [3.05, 3.63) is 58.1 Å². The number of rotatable bonds is 10. The number of amides is 1. The van der Waals surface area contributed by atoms with Crippen LogP contribution in [0.15, 0.2) is 47.1 Å². The topological polar surface area (TPSA) is 106 Å². The first-order chi connectivity index (χ1) is 16.4. The van der Waals surface area contributed by atoms with E-state index in [4.69, 9.17) is 25.8 Å². The van der Waals surface area contributed by atoms with E-state index in [2.05, 4.69) is 14.7 Å². The van der Waals surface area contributed by atoms with Crippen molar-refractivity contribution < 1.29 is 19.0 Å². The predicted molar refractivity (Wildman–Crippen MR) is 134 cm³/mol. The first-order valence-electron chi connectivity index (χ1n) is 9.94. The molecule has 176 valence electrons. The highest BCUT2D eigenvalue weighted by Crippen LogP contribution is 2.37. The van der Waals surface area contributed by atoms with Gasteiger partial charge in [0.15, 0.2) is 11.5 Å². The third-order valence-corrected chi connectivity index (χ3v) is 5.90. The number of nitriles is 1. The van der Waals surface area contributed by atoms with Crippen LogP contribution in [0.2, 0.25) is 5.02 Å². The third kappa shape index (κ3) is 6.87. The van der Waals surface area contributed by atoms with Crippen molar-refractivity contribution in [3.63, 3.8) is 0 Å². The van der Waals surface area contributed by atoms with Crippen molar-refractivity contribution in [2.45, 2.75) is 12.1 Å². The van der Waals surface area contributed by atoms with Gasteiger partial charge in [-0.2, -0.15) is 14.6 Å². The highest BCUT2D eigenvalue weighted by molar-refractivity contribution is 7.98. The van der Waals surface area contributed by atoms with E-state index in [0.717, 1.165) is 22.8 Å². The fourth-order valence-corrected chi connectivity index (χ4v) is 4.19. The number of halogens is 1. The van der Waals surface area contributed by atoms with E-state index in [1.165, 1.54) is 24.9 Å². The molecule has 1 amide bonds. The Bertz CT molecular complexity index is 1240. The number of carbonyl (C=O) groups excluding carboxylic acids is 1. The minimum atomic E-state index is -0.602. The lowest BCUT2D eigenvalue weighted by molar-refractivity contribution is -0.112. The summed E-state index contributed by atoms with van der Waals surface area (Å²) < 4.78 is 20.9. The van der Waals surface area contributed by atoms with Crippen LogP contribution >= 0.6 is 34.9 Å². The number of nitrogens with one attached hydrogen (secondary N) is 1. The number of nitrogens with zero attached hydrogens (tertiary/aromatic N) is 3. The zero-order valence-corrected chi connectivity index (χ0v) is 21.0. The van der Waals surface area contributed by atoms with Crippen LogP contribution in [0.5, 0.6) is 17.2 Å². The maximum atomic E-state index is 12.5. The van der Waals surface area contributed by atoms with Gasteiger partial charge in [0.1, 0.15) is 30.6 Å². The zero-order chi connectivity index (χ0) is 24.5. The van der Waals surface area contributed by atoms with Gasteiger partial charge in [-0.15, -0.1) is 0 Å². The Labute approximate surface area is 210 Å². The molecular weight excluding hydrogens is 496 g/mol. The molecule has 3 aromatic rings. The second-order valence-electron chi connectivity index (χ2n) is 6.76. The molecule has 0 radical (unpaired) electrons. The molecular formula is C23H21ClN4O4S2. The van der Waals surface area contributed by atoms with Gasteiger partial charge < -0.3 is 14.2 Å². The van der Waals surface area contributed by atoms with Gasteiger partial charge in [-0.25, -0.2) is 0 Å². The number of carbonyl (C=O) groups is 1. The third-order valence-electron chi connectivity index (χ3n) is 4.33. The molecule has 0 unspecified atom stereocenters. The molecule has 1 aromatic heterocycles. The maximum Gasteiger partial charge on any atom is 0.268 e. The number of anilines is 1. The Balaban J connectivity index is 1.68. The van der Waals surface area contributed by atoms with E-state index in [1.54, 1.807) is 12.1 Å². The summed E-state index contributed by atoms with van der Waals surface area (Å²) in [4.78, 5) is 16.6. The van der Waals surface area contributed by atoms with Gasteiger partial charge in [0.2, 0.25) is 10.3 Å². The molecule has 0 aliphatic rings. The summed E-state index contributed by atoms with van der Waals surface area (Å²) >= 11 is 8.80. The van der Waals surface area contributed by atoms with E-state index >= 15 is 0 Å². The van der Waals surface area contributed by atoms with Crippen LogP contribution in [0, 0.1) is 18.3 Å². The first-order valence-corrected chi connectivity index (χ1v) is 12.3. The molecule has 0 bridgehead atoms. The molecule has 3 rings (SSSR count). The smallest absolute Gasteiger partial charge is 0.268 e. The van der Waals surface area contributed by atoms with Crippen molar-refractivity contribution in [3.8, 4) is 23.3 Å².